The van der Waals surface area contributed by atoms with Crippen LogP contribution in [0.1, 0.15) is 11.1 Å². The van der Waals surface area contributed by atoms with Crippen molar-refractivity contribution < 1.29 is 31.1 Å². The number of nitrogens with one attached hydrogen (secondary N) is 2. The van der Waals surface area contributed by atoms with Crippen LogP contribution in [0.2, 0.25) is 5.02 Å². The minimum Gasteiger partial charge on any atom is -0.493 e. The monoisotopic (exact) mass is 465 g/mol. The molecule has 164 valence electrons. The number of ether oxygens (including phenoxy) is 2. The molecular weight excluding hydrogens is 447 g/mol. The molecule has 0 unspecified atom stereocenters. The highest BCUT2D eigenvalue weighted by Crippen LogP contribution is 2.32. The van der Waals surface area contributed by atoms with Gasteiger partial charge in [0.25, 0.3) is 0 Å². The number of anilines is 1. The average Bonchev–Trinajstić information content (AvgIpc) is 2.69. The molecular formula is C18H19ClF3N3O4S. The number of sulfonamides is 1. The van der Waals surface area contributed by atoms with Gasteiger partial charge in [-0.3, -0.25) is 0 Å². The van der Waals surface area contributed by atoms with Gasteiger partial charge in [0.15, 0.2) is 11.5 Å². The first kappa shape index (κ1) is 23.8. The molecule has 1 aromatic carbocycles. The number of benzene rings is 1. The molecule has 0 saturated carbocycles. The summed E-state index contributed by atoms with van der Waals surface area (Å²) in [5, 5.41) is 3.44. The molecule has 0 spiro atoms. The molecule has 0 aliphatic carbocycles. The van der Waals surface area contributed by atoms with E-state index in [1.54, 1.807) is 18.2 Å². The van der Waals surface area contributed by atoms with Crippen molar-refractivity contribution in [3.8, 4) is 11.5 Å². The molecule has 0 atom stereocenters. The Kier molecular flexibility index (Phi) is 7.93. The summed E-state index contributed by atoms with van der Waals surface area (Å²) in [6.45, 7) is 0.0130. The zero-order chi connectivity index (χ0) is 22.4. The van der Waals surface area contributed by atoms with E-state index in [1.165, 1.54) is 20.3 Å². The first-order chi connectivity index (χ1) is 14.1. The number of alkyl halides is 3. The van der Waals surface area contributed by atoms with Gasteiger partial charge in [-0.1, -0.05) is 17.7 Å². The molecule has 0 saturated heterocycles. The molecule has 2 aromatic rings. The summed E-state index contributed by atoms with van der Waals surface area (Å²) in [4.78, 5) is 3.61. The van der Waals surface area contributed by atoms with Gasteiger partial charge in [-0.2, -0.15) is 13.2 Å². The Labute approximate surface area is 176 Å². The maximum atomic E-state index is 12.6. The molecule has 2 N–H and O–H groups in total. The van der Waals surface area contributed by atoms with Crippen molar-refractivity contribution in [2.24, 2.45) is 0 Å². The number of aromatic nitrogens is 1. The van der Waals surface area contributed by atoms with Gasteiger partial charge in [0.2, 0.25) is 10.0 Å². The lowest BCUT2D eigenvalue weighted by atomic mass is 10.2. The van der Waals surface area contributed by atoms with E-state index in [1.807, 2.05) is 0 Å². The van der Waals surface area contributed by atoms with Crippen LogP contribution in [0.4, 0.5) is 19.0 Å². The lowest BCUT2D eigenvalue weighted by Gasteiger charge is -2.11. The second-order valence-corrected chi connectivity index (χ2v) is 7.89. The third kappa shape index (κ3) is 6.78. The highest BCUT2D eigenvalue weighted by molar-refractivity contribution is 7.92. The van der Waals surface area contributed by atoms with Crippen molar-refractivity contribution in [2.45, 2.75) is 6.18 Å². The van der Waals surface area contributed by atoms with E-state index in [9.17, 15) is 21.6 Å². The number of pyridine rings is 1. The third-order valence-corrected chi connectivity index (χ3v) is 5.13. The Bertz CT molecular complexity index is 1010. The minimum absolute atomic E-state index is 0.0183. The van der Waals surface area contributed by atoms with Gasteiger partial charge in [0.1, 0.15) is 5.82 Å². The standard InChI is InChI=1S/C18H19ClF3N3O4S/c1-28-15-4-3-12(9-16(15)29-2)5-8-30(26,27)25-7-6-23-17-14(19)10-13(11-24-17)18(20,21)22/h3-5,8-11,25H,6-7H2,1-2H3,(H,23,24)/b8-5+. The maximum Gasteiger partial charge on any atom is 0.417 e. The van der Waals surface area contributed by atoms with Crippen LogP contribution in [0.5, 0.6) is 11.5 Å². The summed E-state index contributed by atoms with van der Waals surface area (Å²) in [5.41, 5.74) is -0.393. The predicted octanol–water partition coefficient (Wildman–Crippen LogP) is 3.77. The minimum atomic E-state index is -4.55. The van der Waals surface area contributed by atoms with Gasteiger partial charge in [-0.15, -0.1) is 0 Å². The largest absolute Gasteiger partial charge is 0.493 e. The van der Waals surface area contributed by atoms with Crippen LogP contribution in [-0.4, -0.2) is 40.7 Å². The number of hydrogen-bond acceptors (Lipinski definition) is 6. The number of rotatable bonds is 9. The fraction of sp³-hybridized carbons (Fsp3) is 0.278. The molecule has 1 heterocycles. The van der Waals surface area contributed by atoms with Crippen molar-refractivity contribution in [2.75, 3.05) is 32.6 Å². The molecule has 0 aliphatic heterocycles. The lowest BCUT2D eigenvalue weighted by Crippen LogP contribution is -2.27. The van der Waals surface area contributed by atoms with Gasteiger partial charge in [0.05, 0.1) is 24.8 Å². The first-order valence-corrected chi connectivity index (χ1v) is 10.3. The van der Waals surface area contributed by atoms with Gasteiger partial charge in [0, 0.05) is 24.7 Å². The molecule has 0 amide bonds. The second-order valence-electron chi connectivity index (χ2n) is 5.84. The quantitative estimate of drug-likeness (QED) is 0.548. The molecule has 12 heteroatoms. The van der Waals surface area contributed by atoms with Gasteiger partial charge in [-0.25, -0.2) is 18.1 Å². The van der Waals surface area contributed by atoms with Crippen molar-refractivity contribution in [3.05, 3.63) is 52.0 Å². The normalized spacial score (nSPS) is 12.2. The second kappa shape index (κ2) is 10.0. The Morgan fingerprint density at radius 3 is 2.43 bits per heavy atom. The molecule has 2 rings (SSSR count). The van der Waals surface area contributed by atoms with Gasteiger partial charge >= 0.3 is 6.18 Å². The lowest BCUT2D eigenvalue weighted by molar-refractivity contribution is -0.137. The van der Waals surface area contributed by atoms with Crippen molar-refractivity contribution in [3.63, 3.8) is 0 Å². The average molecular weight is 466 g/mol. The Hall–Kier alpha value is -2.50. The fourth-order valence-corrected chi connectivity index (χ4v) is 3.32. The van der Waals surface area contributed by atoms with Crippen LogP contribution in [0.3, 0.4) is 0 Å². The fourth-order valence-electron chi connectivity index (χ4n) is 2.27. The molecule has 0 radical (unpaired) electrons. The Morgan fingerprint density at radius 1 is 1.13 bits per heavy atom. The smallest absolute Gasteiger partial charge is 0.417 e. The zero-order valence-corrected chi connectivity index (χ0v) is 17.5. The highest BCUT2D eigenvalue weighted by Gasteiger charge is 2.31. The predicted molar refractivity (Wildman–Crippen MR) is 108 cm³/mol. The molecule has 7 nitrogen and oxygen atoms in total. The topological polar surface area (TPSA) is 89.6 Å². The number of hydrogen-bond donors (Lipinski definition) is 2. The van der Waals surface area contributed by atoms with Crippen molar-refractivity contribution in [1.29, 1.82) is 0 Å². The Balaban J connectivity index is 1.91. The summed E-state index contributed by atoms with van der Waals surface area (Å²) < 4.78 is 74.5. The van der Waals surface area contributed by atoms with E-state index < -0.39 is 21.8 Å². The van der Waals surface area contributed by atoms with Crippen LogP contribution < -0.4 is 19.5 Å². The van der Waals surface area contributed by atoms with Gasteiger partial charge in [-0.05, 0) is 29.8 Å². The van der Waals surface area contributed by atoms with E-state index in [4.69, 9.17) is 21.1 Å². The summed E-state index contributed by atoms with van der Waals surface area (Å²) in [6, 6.07) is 5.66. The maximum absolute atomic E-state index is 12.6. The van der Waals surface area contributed by atoms with E-state index in [0.717, 1.165) is 11.5 Å². The summed E-state index contributed by atoms with van der Waals surface area (Å²) in [5.74, 6) is 0.983. The van der Waals surface area contributed by atoms with Gasteiger partial charge < -0.3 is 14.8 Å². The molecule has 30 heavy (non-hydrogen) atoms. The molecule has 0 bridgehead atoms. The van der Waals surface area contributed by atoms with Crippen LogP contribution in [-0.2, 0) is 16.2 Å². The first-order valence-electron chi connectivity index (χ1n) is 8.42. The zero-order valence-electron chi connectivity index (χ0n) is 16.0. The molecule has 1 aromatic heterocycles. The highest BCUT2D eigenvalue weighted by atomic mass is 35.5. The SMILES string of the molecule is COc1ccc(/C=C/S(=O)(=O)NCCNc2ncc(C(F)(F)F)cc2Cl)cc1OC. The van der Waals surface area contributed by atoms with Crippen molar-refractivity contribution in [1.82, 2.24) is 9.71 Å². The summed E-state index contributed by atoms with van der Waals surface area (Å²) >= 11 is 5.77. The van der Waals surface area contributed by atoms with E-state index in [2.05, 4.69) is 15.0 Å². The summed E-state index contributed by atoms with van der Waals surface area (Å²) in [6.07, 6.45) is -2.53. The van der Waals surface area contributed by atoms with Crippen LogP contribution in [0.15, 0.2) is 35.9 Å². The summed E-state index contributed by atoms with van der Waals surface area (Å²) in [7, 11) is -0.795. The van der Waals surface area contributed by atoms with Crippen LogP contribution >= 0.6 is 11.6 Å². The van der Waals surface area contributed by atoms with E-state index >= 15 is 0 Å². The number of methoxy groups -OCH3 is 2. The number of nitrogens with zero attached hydrogens (tertiary/aromatic N) is 1. The molecule has 0 aliphatic rings. The van der Waals surface area contributed by atoms with Crippen molar-refractivity contribution >= 4 is 33.5 Å². The number of halogens is 4. The third-order valence-electron chi connectivity index (χ3n) is 3.74. The van der Waals surface area contributed by atoms with Crippen LogP contribution in [0.25, 0.3) is 6.08 Å². The molecule has 0 fully saturated rings. The van der Waals surface area contributed by atoms with E-state index in [-0.39, 0.29) is 23.9 Å². The van der Waals surface area contributed by atoms with Crippen LogP contribution in [0, 0.1) is 0 Å². The Morgan fingerprint density at radius 2 is 1.83 bits per heavy atom. The van der Waals surface area contributed by atoms with E-state index in [0.29, 0.717) is 23.3 Å².